The molecule has 2 aliphatic rings. The number of amides is 2. The number of ether oxygens (including phenoxy) is 1. The Balaban J connectivity index is 1.59. The van der Waals surface area contributed by atoms with E-state index in [0.29, 0.717) is 24.0 Å². The molecular formula is C20H23N5O4. The van der Waals surface area contributed by atoms with Crippen molar-refractivity contribution < 1.29 is 14.3 Å². The number of nitrogens with one attached hydrogen (secondary N) is 3. The van der Waals surface area contributed by atoms with Gasteiger partial charge in [0.1, 0.15) is 11.6 Å². The number of carbonyl (C=O) groups excluding carboxylic acids is 2. The summed E-state index contributed by atoms with van der Waals surface area (Å²) in [4.78, 5) is 47.0. The molecule has 0 spiro atoms. The number of rotatable bonds is 5. The van der Waals surface area contributed by atoms with Crippen LogP contribution in [0, 0.1) is 0 Å². The minimum atomic E-state index is -0.908. The molecule has 9 nitrogen and oxygen atoms in total. The first kappa shape index (κ1) is 19.0. The summed E-state index contributed by atoms with van der Waals surface area (Å²) in [5, 5.41) is 5.42. The highest BCUT2D eigenvalue weighted by atomic mass is 16.5. The first-order valence-corrected chi connectivity index (χ1v) is 9.78. The zero-order chi connectivity index (χ0) is 20.4. The van der Waals surface area contributed by atoms with E-state index in [2.05, 4.69) is 20.6 Å². The fraction of sp³-hybridized carbons (Fsp3) is 0.400. The maximum absolute atomic E-state index is 12.9. The Morgan fingerprint density at radius 1 is 1.24 bits per heavy atom. The highest BCUT2D eigenvalue weighted by molar-refractivity contribution is 6.04. The summed E-state index contributed by atoms with van der Waals surface area (Å²) in [6, 6.07) is 6.92. The molecule has 3 heterocycles. The summed E-state index contributed by atoms with van der Waals surface area (Å²) in [6.45, 7) is 4.05. The first-order chi connectivity index (χ1) is 14.0. The standard InChI is InChI=1S/C20H23N5O4/c1-2-29-13-7-5-12(6-8-13)21-18(27)14-11-15(26)22-17-16(14)19(28)24-20(23-17)25-9-3-4-10-25/h5-8,14H,2-4,9-11H2,1H3,(H,21,27)(H2,22,23,24,26,28). The Hall–Kier alpha value is -3.36. The number of benzene rings is 1. The van der Waals surface area contributed by atoms with Gasteiger partial charge >= 0.3 is 0 Å². The number of fused-ring (bicyclic) bond motifs is 1. The zero-order valence-corrected chi connectivity index (χ0v) is 16.2. The smallest absolute Gasteiger partial charge is 0.258 e. The predicted molar refractivity (Wildman–Crippen MR) is 109 cm³/mol. The van der Waals surface area contributed by atoms with Crippen molar-refractivity contribution in [1.29, 1.82) is 0 Å². The zero-order valence-electron chi connectivity index (χ0n) is 16.2. The minimum absolute atomic E-state index is 0.107. The molecule has 1 atom stereocenters. The second-order valence-corrected chi connectivity index (χ2v) is 7.10. The number of carbonyl (C=O) groups is 2. The normalized spacial score (nSPS) is 18.2. The van der Waals surface area contributed by atoms with E-state index in [1.54, 1.807) is 24.3 Å². The summed E-state index contributed by atoms with van der Waals surface area (Å²) in [5.74, 6) is -0.378. The van der Waals surface area contributed by atoms with Crippen molar-refractivity contribution in [2.45, 2.75) is 32.1 Å². The molecular weight excluding hydrogens is 374 g/mol. The van der Waals surface area contributed by atoms with E-state index in [0.717, 1.165) is 25.9 Å². The molecule has 1 fully saturated rings. The van der Waals surface area contributed by atoms with Crippen LogP contribution in [0.1, 0.15) is 37.7 Å². The number of hydrogen-bond donors (Lipinski definition) is 3. The maximum atomic E-state index is 12.9. The van der Waals surface area contributed by atoms with Crippen LogP contribution in [0.5, 0.6) is 5.75 Å². The Kier molecular flexibility index (Phi) is 5.20. The molecule has 1 aromatic carbocycles. The Morgan fingerprint density at radius 3 is 2.66 bits per heavy atom. The predicted octanol–water partition coefficient (Wildman–Crippen LogP) is 1.83. The SMILES string of the molecule is CCOc1ccc(NC(=O)C2CC(=O)Nc3nc(N4CCCC4)[nH]c(=O)c32)cc1. The topological polar surface area (TPSA) is 116 Å². The second kappa shape index (κ2) is 7.94. The molecule has 0 saturated carbocycles. The van der Waals surface area contributed by atoms with Crippen LogP contribution in [-0.4, -0.2) is 41.5 Å². The van der Waals surface area contributed by atoms with Crippen molar-refractivity contribution >= 4 is 29.3 Å². The lowest BCUT2D eigenvalue weighted by atomic mass is 9.92. The largest absolute Gasteiger partial charge is 0.494 e. The molecule has 2 amide bonds. The fourth-order valence-electron chi connectivity index (χ4n) is 3.69. The number of nitrogens with zero attached hydrogens (tertiary/aromatic N) is 2. The van der Waals surface area contributed by atoms with E-state index >= 15 is 0 Å². The average Bonchev–Trinajstić information content (AvgIpc) is 3.23. The van der Waals surface area contributed by atoms with Gasteiger partial charge in [0.05, 0.1) is 18.1 Å². The minimum Gasteiger partial charge on any atom is -0.494 e. The summed E-state index contributed by atoms with van der Waals surface area (Å²) < 4.78 is 5.39. The molecule has 29 heavy (non-hydrogen) atoms. The van der Waals surface area contributed by atoms with E-state index in [4.69, 9.17) is 4.74 Å². The Morgan fingerprint density at radius 2 is 1.97 bits per heavy atom. The number of anilines is 3. The van der Waals surface area contributed by atoms with Gasteiger partial charge in [-0.1, -0.05) is 0 Å². The third-order valence-electron chi connectivity index (χ3n) is 5.09. The molecule has 2 aliphatic heterocycles. The van der Waals surface area contributed by atoms with Crippen LogP contribution in [0.4, 0.5) is 17.5 Å². The van der Waals surface area contributed by atoms with E-state index in [1.807, 2.05) is 11.8 Å². The third kappa shape index (κ3) is 3.94. The molecule has 9 heteroatoms. The van der Waals surface area contributed by atoms with Crippen molar-refractivity contribution in [3.05, 3.63) is 40.2 Å². The lowest BCUT2D eigenvalue weighted by Gasteiger charge is -2.25. The molecule has 1 saturated heterocycles. The van der Waals surface area contributed by atoms with Crippen molar-refractivity contribution in [1.82, 2.24) is 9.97 Å². The second-order valence-electron chi connectivity index (χ2n) is 7.10. The van der Waals surface area contributed by atoms with Gasteiger partial charge in [0.15, 0.2) is 0 Å². The van der Waals surface area contributed by atoms with Gasteiger partial charge in [-0.15, -0.1) is 0 Å². The van der Waals surface area contributed by atoms with Gasteiger partial charge in [-0.25, -0.2) is 0 Å². The van der Waals surface area contributed by atoms with E-state index < -0.39 is 17.4 Å². The molecule has 0 radical (unpaired) electrons. The molecule has 0 aliphatic carbocycles. The van der Waals surface area contributed by atoms with E-state index in [-0.39, 0.29) is 23.7 Å². The summed E-state index contributed by atoms with van der Waals surface area (Å²) in [7, 11) is 0. The third-order valence-corrected chi connectivity index (χ3v) is 5.09. The molecule has 1 aromatic heterocycles. The van der Waals surface area contributed by atoms with Gasteiger partial charge in [0.25, 0.3) is 5.56 Å². The van der Waals surface area contributed by atoms with Crippen molar-refractivity contribution in [2.75, 3.05) is 35.2 Å². The van der Waals surface area contributed by atoms with Gasteiger partial charge < -0.3 is 20.3 Å². The summed E-state index contributed by atoms with van der Waals surface area (Å²) in [5.41, 5.74) is 0.351. The molecule has 152 valence electrons. The highest BCUT2D eigenvalue weighted by Crippen LogP contribution is 2.30. The Bertz CT molecular complexity index is 979. The Labute approximate surface area is 167 Å². The van der Waals surface area contributed by atoms with Crippen LogP contribution in [0.15, 0.2) is 29.1 Å². The van der Waals surface area contributed by atoms with Crippen LogP contribution in [0.25, 0.3) is 0 Å². The lowest BCUT2D eigenvalue weighted by Crippen LogP contribution is -2.37. The van der Waals surface area contributed by atoms with Gasteiger partial charge in [0, 0.05) is 25.2 Å². The van der Waals surface area contributed by atoms with Crippen molar-refractivity contribution in [3.63, 3.8) is 0 Å². The average molecular weight is 397 g/mol. The van der Waals surface area contributed by atoms with Crippen LogP contribution in [0.3, 0.4) is 0 Å². The number of aromatic nitrogens is 2. The van der Waals surface area contributed by atoms with Crippen LogP contribution in [-0.2, 0) is 9.59 Å². The molecule has 3 N–H and O–H groups in total. The summed E-state index contributed by atoms with van der Waals surface area (Å²) in [6.07, 6.45) is 1.95. The van der Waals surface area contributed by atoms with Gasteiger partial charge in [-0.2, -0.15) is 4.98 Å². The lowest BCUT2D eigenvalue weighted by molar-refractivity contribution is -0.123. The first-order valence-electron chi connectivity index (χ1n) is 9.78. The van der Waals surface area contributed by atoms with E-state index in [1.165, 1.54) is 0 Å². The molecule has 2 aromatic rings. The molecule has 1 unspecified atom stereocenters. The monoisotopic (exact) mass is 397 g/mol. The van der Waals surface area contributed by atoms with E-state index in [9.17, 15) is 14.4 Å². The molecule has 0 bridgehead atoms. The quantitative estimate of drug-likeness (QED) is 0.709. The number of H-pyrrole nitrogens is 1. The van der Waals surface area contributed by atoms with Crippen LogP contribution < -0.4 is 25.8 Å². The van der Waals surface area contributed by atoms with Crippen LogP contribution in [0.2, 0.25) is 0 Å². The summed E-state index contributed by atoms with van der Waals surface area (Å²) >= 11 is 0. The van der Waals surface area contributed by atoms with Gasteiger partial charge in [0.2, 0.25) is 17.8 Å². The van der Waals surface area contributed by atoms with Crippen LogP contribution >= 0.6 is 0 Å². The van der Waals surface area contributed by atoms with Crippen molar-refractivity contribution in [3.8, 4) is 5.75 Å². The highest BCUT2D eigenvalue weighted by Gasteiger charge is 2.35. The van der Waals surface area contributed by atoms with Crippen molar-refractivity contribution in [2.24, 2.45) is 0 Å². The number of hydrogen-bond acceptors (Lipinski definition) is 6. The fourth-order valence-corrected chi connectivity index (χ4v) is 3.69. The molecule has 4 rings (SSSR count). The maximum Gasteiger partial charge on any atom is 0.258 e. The van der Waals surface area contributed by atoms with Gasteiger partial charge in [-0.05, 0) is 44.0 Å². The number of aromatic amines is 1. The van der Waals surface area contributed by atoms with Gasteiger partial charge in [-0.3, -0.25) is 19.4 Å².